The first-order chi connectivity index (χ1) is 14.4. The topological polar surface area (TPSA) is 74.4 Å². The highest BCUT2D eigenvalue weighted by Crippen LogP contribution is 2.30. The molecule has 168 valence electrons. The number of halogens is 6. The van der Waals surface area contributed by atoms with Crippen LogP contribution in [0.1, 0.15) is 26.6 Å². The predicted octanol–water partition coefficient (Wildman–Crippen LogP) is 4.38. The molecule has 0 unspecified atom stereocenters. The Morgan fingerprint density at radius 3 is 2.39 bits per heavy atom. The van der Waals surface area contributed by atoms with Gasteiger partial charge in [-0.15, -0.1) is 10.2 Å². The summed E-state index contributed by atoms with van der Waals surface area (Å²) in [6, 6.07) is 3.48. The van der Waals surface area contributed by atoms with Crippen molar-refractivity contribution in [2.45, 2.75) is 39.2 Å². The lowest BCUT2D eigenvalue weighted by atomic mass is 10.2. The highest BCUT2D eigenvalue weighted by Gasteiger charge is 2.40. The average molecular weight is 449 g/mol. The van der Waals surface area contributed by atoms with Crippen LogP contribution in [-0.2, 0) is 10.8 Å². The second-order valence-electron chi connectivity index (χ2n) is 7.05. The fourth-order valence-electron chi connectivity index (χ4n) is 2.35. The number of rotatable bonds is 7. The Balaban J connectivity index is 1.92. The van der Waals surface area contributed by atoms with Gasteiger partial charge in [0.1, 0.15) is 0 Å². The molecule has 0 aliphatic rings. The van der Waals surface area contributed by atoms with E-state index in [0.29, 0.717) is 6.92 Å². The summed E-state index contributed by atoms with van der Waals surface area (Å²) < 4.78 is 90.6. The molecule has 0 amide bonds. The third kappa shape index (κ3) is 5.03. The van der Waals surface area contributed by atoms with E-state index in [0.717, 1.165) is 16.8 Å². The lowest BCUT2D eigenvalue weighted by Gasteiger charge is -2.17. The largest absolute Gasteiger partial charge is 0.463 e. The van der Waals surface area contributed by atoms with E-state index in [-0.39, 0.29) is 29.4 Å². The Morgan fingerprint density at radius 1 is 1.06 bits per heavy atom. The van der Waals surface area contributed by atoms with Crippen LogP contribution >= 0.6 is 0 Å². The first kappa shape index (κ1) is 22.7. The number of pyridine rings is 1. The number of aromatic nitrogens is 5. The molecular weight excluding hydrogens is 432 g/mol. The molecule has 0 spiro atoms. The van der Waals surface area contributed by atoms with Crippen LogP contribution in [0.5, 0.6) is 5.88 Å². The van der Waals surface area contributed by atoms with Crippen molar-refractivity contribution in [3.8, 4) is 17.1 Å². The van der Waals surface area contributed by atoms with Gasteiger partial charge in [0.2, 0.25) is 0 Å². The van der Waals surface area contributed by atoms with Crippen molar-refractivity contribution in [2.24, 2.45) is 5.92 Å². The molecule has 0 aromatic carbocycles. The third-order valence-electron chi connectivity index (χ3n) is 3.97. The Hall–Kier alpha value is -2.96. The molecule has 13 heteroatoms. The van der Waals surface area contributed by atoms with E-state index in [1.54, 1.807) is 13.8 Å². The smallest absolute Gasteiger partial charge is 0.425 e. The molecule has 0 saturated heterocycles. The standard InChI is InChI=1S/C18H17F6N5O2/c1-9(2)8-30-18(23,24)16-27-26-14-5-4-13(28-29(14)16)11-6-12(19)15(25-7-11)31-10(3)17(20,21)22/h4-7,9-10H,8H2,1-3H3/t10-/m1/s1. The lowest BCUT2D eigenvalue weighted by molar-refractivity contribution is -0.259. The van der Waals surface area contributed by atoms with E-state index in [1.165, 1.54) is 12.1 Å². The van der Waals surface area contributed by atoms with E-state index >= 15 is 0 Å². The van der Waals surface area contributed by atoms with Gasteiger partial charge in [0.05, 0.1) is 12.3 Å². The van der Waals surface area contributed by atoms with Crippen molar-refractivity contribution in [3.63, 3.8) is 0 Å². The Kier molecular flexibility index (Phi) is 6.07. The van der Waals surface area contributed by atoms with Gasteiger partial charge in [-0.25, -0.2) is 9.37 Å². The maximum absolute atomic E-state index is 14.4. The van der Waals surface area contributed by atoms with Gasteiger partial charge < -0.3 is 9.47 Å². The molecule has 3 aromatic rings. The lowest BCUT2D eigenvalue weighted by Crippen LogP contribution is -2.31. The Labute approximate surface area is 172 Å². The van der Waals surface area contributed by atoms with Gasteiger partial charge in [0, 0.05) is 11.8 Å². The molecule has 0 bridgehead atoms. The van der Waals surface area contributed by atoms with E-state index in [1.807, 2.05) is 0 Å². The molecule has 0 N–H and O–H groups in total. The van der Waals surface area contributed by atoms with Crippen molar-refractivity contribution in [1.82, 2.24) is 24.8 Å². The third-order valence-corrected chi connectivity index (χ3v) is 3.97. The Bertz CT molecular complexity index is 1070. The normalized spacial score (nSPS) is 13.7. The first-order valence-corrected chi connectivity index (χ1v) is 9.02. The van der Waals surface area contributed by atoms with Gasteiger partial charge in [0.25, 0.3) is 11.7 Å². The van der Waals surface area contributed by atoms with Crippen LogP contribution in [0, 0.1) is 11.7 Å². The van der Waals surface area contributed by atoms with E-state index in [9.17, 15) is 26.3 Å². The zero-order valence-corrected chi connectivity index (χ0v) is 16.5. The van der Waals surface area contributed by atoms with Gasteiger partial charge in [-0.3, -0.25) is 0 Å². The molecule has 31 heavy (non-hydrogen) atoms. The second kappa shape index (κ2) is 8.29. The van der Waals surface area contributed by atoms with Gasteiger partial charge in [-0.05, 0) is 31.0 Å². The molecule has 0 fully saturated rings. The minimum atomic E-state index is -4.70. The van der Waals surface area contributed by atoms with Gasteiger partial charge >= 0.3 is 12.3 Å². The maximum Gasteiger partial charge on any atom is 0.425 e. The minimum Gasteiger partial charge on any atom is -0.463 e. The zero-order valence-electron chi connectivity index (χ0n) is 16.5. The van der Waals surface area contributed by atoms with Crippen molar-refractivity contribution in [1.29, 1.82) is 0 Å². The maximum atomic E-state index is 14.4. The molecule has 7 nitrogen and oxygen atoms in total. The average Bonchev–Trinajstić information content (AvgIpc) is 3.11. The van der Waals surface area contributed by atoms with Crippen molar-refractivity contribution < 1.29 is 35.8 Å². The summed E-state index contributed by atoms with van der Waals surface area (Å²) in [5, 5.41) is 11.0. The zero-order chi connectivity index (χ0) is 23.0. The number of alkyl halides is 5. The molecule has 0 aliphatic carbocycles. The summed E-state index contributed by atoms with van der Waals surface area (Å²) in [5.41, 5.74) is -0.00790. The van der Waals surface area contributed by atoms with E-state index < -0.39 is 35.9 Å². The summed E-state index contributed by atoms with van der Waals surface area (Å²) >= 11 is 0. The van der Waals surface area contributed by atoms with Gasteiger partial charge in [-0.1, -0.05) is 13.8 Å². The Morgan fingerprint density at radius 2 is 1.77 bits per heavy atom. The van der Waals surface area contributed by atoms with Crippen molar-refractivity contribution in [3.05, 3.63) is 36.0 Å². The predicted molar refractivity (Wildman–Crippen MR) is 94.8 cm³/mol. The van der Waals surface area contributed by atoms with Crippen LogP contribution < -0.4 is 4.74 Å². The van der Waals surface area contributed by atoms with E-state index in [2.05, 4.69) is 29.8 Å². The first-order valence-electron chi connectivity index (χ1n) is 9.02. The summed E-state index contributed by atoms with van der Waals surface area (Å²) in [6.45, 7) is 3.85. The SMILES string of the molecule is CC(C)COC(F)(F)c1nnc2ccc(-c3cnc(O[C@H](C)C(F)(F)F)c(F)c3)nn12. The summed E-state index contributed by atoms with van der Waals surface area (Å²) in [5.74, 6) is -3.07. The minimum absolute atomic E-state index is 0.00460. The number of fused-ring (bicyclic) bond motifs is 1. The molecular formula is C18H17F6N5O2. The summed E-state index contributed by atoms with van der Waals surface area (Å²) in [6.07, 6.45) is -9.76. The fraction of sp³-hybridized carbons (Fsp3) is 0.444. The second-order valence-corrected chi connectivity index (χ2v) is 7.05. The van der Waals surface area contributed by atoms with E-state index in [4.69, 9.17) is 0 Å². The van der Waals surface area contributed by atoms with Crippen LogP contribution in [0.25, 0.3) is 16.9 Å². The van der Waals surface area contributed by atoms with Crippen molar-refractivity contribution >= 4 is 5.65 Å². The number of nitrogens with zero attached hydrogens (tertiary/aromatic N) is 5. The molecule has 1 atom stereocenters. The molecule has 3 rings (SSSR count). The number of ether oxygens (including phenoxy) is 2. The van der Waals surface area contributed by atoms with Crippen molar-refractivity contribution in [2.75, 3.05) is 6.61 Å². The highest BCUT2D eigenvalue weighted by atomic mass is 19.4. The summed E-state index contributed by atoms with van der Waals surface area (Å²) in [7, 11) is 0. The quantitative estimate of drug-likeness (QED) is 0.499. The fourth-order valence-corrected chi connectivity index (χ4v) is 2.35. The number of hydrogen-bond acceptors (Lipinski definition) is 6. The monoisotopic (exact) mass is 449 g/mol. The molecule has 0 aliphatic heterocycles. The molecule has 0 radical (unpaired) electrons. The van der Waals surface area contributed by atoms with Crippen LogP contribution in [-0.4, -0.2) is 43.7 Å². The summed E-state index contributed by atoms with van der Waals surface area (Å²) in [4.78, 5) is 3.55. The van der Waals surface area contributed by atoms with Gasteiger partial charge in [-0.2, -0.15) is 31.6 Å². The van der Waals surface area contributed by atoms with Crippen LogP contribution in [0.2, 0.25) is 0 Å². The van der Waals surface area contributed by atoms with Gasteiger partial charge in [0.15, 0.2) is 17.6 Å². The van der Waals surface area contributed by atoms with Crippen LogP contribution in [0.3, 0.4) is 0 Å². The molecule has 3 heterocycles. The molecule has 3 aromatic heterocycles. The van der Waals surface area contributed by atoms with Crippen LogP contribution in [0.15, 0.2) is 24.4 Å². The highest BCUT2D eigenvalue weighted by molar-refractivity contribution is 5.59. The van der Waals surface area contributed by atoms with Crippen LogP contribution in [0.4, 0.5) is 26.3 Å². The molecule has 0 saturated carbocycles. The number of hydrogen-bond donors (Lipinski definition) is 0.